The van der Waals surface area contributed by atoms with Crippen LogP contribution in [-0.2, 0) is 12.4 Å². The van der Waals surface area contributed by atoms with E-state index in [1.807, 2.05) is 0 Å². The summed E-state index contributed by atoms with van der Waals surface area (Å²) in [6.07, 6.45) is -9.19. The molecule has 0 fully saturated rings. The second-order valence-electron chi connectivity index (χ2n) is 8.86. The standard InChI is InChI=1S/C28H16F7N3O2S/c1-14-21(17-3-2-4-20(29)13-17)23(25(39)40)38(37-14)26-36-22(15-5-9-18(10-6-15)27(30,31)32)24(41-26)16-7-11-19(12-8-16)28(33,34)35/h2-13H,1H3,(H,39,40). The minimum atomic E-state index is -4.60. The number of carbonyl (C=O) groups is 1. The summed E-state index contributed by atoms with van der Waals surface area (Å²) < 4.78 is 93.9. The van der Waals surface area contributed by atoms with Crippen molar-refractivity contribution in [3.8, 4) is 38.0 Å². The number of halogens is 7. The first-order valence-corrected chi connectivity index (χ1v) is 12.5. The third-order valence-electron chi connectivity index (χ3n) is 6.13. The number of carboxylic acid groups (broad SMARTS) is 1. The van der Waals surface area contributed by atoms with E-state index in [0.29, 0.717) is 0 Å². The summed E-state index contributed by atoms with van der Waals surface area (Å²) in [7, 11) is 0. The lowest BCUT2D eigenvalue weighted by Crippen LogP contribution is -2.09. The van der Waals surface area contributed by atoms with E-state index in [-0.39, 0.29) is 49.3 Å². The fourth-order valence-corrected chi connectivity index (χ4v) is 5.32. The molecule has 0 saturated heterocycles. The molecule has 0 aliphatic heterocycles. The van der Waals surface area contributed by atoms with Crippen molar-refractivity contribution < 1.29 is 40.6 Å². The molecular formula is C28H16F7N3O2S. The first-order valence-electron chi connectivity index (χ1n) is 11.7. The molecule has 1 N–H and O–H groups in total. The summed E-state index contributed by atoms with van der Waals surface area (Å²) in [5, 5.41) is 14.4. The third-order valence-corrected chi connectivity index (χ3v) is 7.21. The first-order chi connectivity index (χ1) is 19.2. The topological polar surface area (TPSA) is 68.0 Å². The normalized spacial score (nSPS) is 12.1. The van der Waals surface area contributed by atoms with Gasteiger partial charge in [0, 0.05) is 11.1 Å². The Hall–Kier alpha value is -4.52. The molecule has 41 heavy (non-hydrogen) atoms. The molecular weight excluding hydrogens is 575 g/mol. The lowest BCUT2D eigenvalue weighted by molar-refractivity contribution is -0.138. The van der Waals surface area contributed by atoms with E-state index < -0.39 is 35.3 Å². The Morgan fingerprint density at radius 2 is 1.39 bits per heavy atom. The highest BCUT2D eigenvalue weighted by Crippen LogP contribution is 2.41. The van der Waals surface area contributed by atoms with E-state index in [2.05, 4.69) is 10.1 Å². The van der Waals surface area contributed by atoms with Gasteiger partial charge < -0.3 is 5.11 Å². The molecule has 13 heteroatoms. The average molecular weight is 592 g/mol. The predicted octanol–water partition coefficient (Wildman–Crippen LogP) is 8.51. The lowest BCUT2D eigenvalue weighted by atomic mass is 10.0. The highest BCUT2D eigenvalue weighted by Gasteiger charge is 2.32. The predicted molar refractivity (Wildman–Crippen MR) is 137 cm³/mol. The van der Waals surface area contributed by atoms with Crippen LogP contribution in [0.2, 0.25) is 0 Å². The van der Waals surface area contributed by atoms with Gasteiger partial charge in [-0.2, -0.15) is 36.1 Å². The summed E-state index contributed by atoms with van der Waals surface area (Å²) in [5.41, 5.74) is -0.983. The van der Waals surface area contributed by atoms with Crippen LogP contribution in [0.25, 0.3) is 38.0 Å². The molecule has 0 unspecified atom stereocenters. The number of rotatable bonds is 5. The minimum Gasteiger partial charge on any atom is -0.476 e. The van der Waals surface area contributed by atoms with Gasteiger partial charge in [0.2, 0.25) is 5.13 Å². The number of nitrogens with zero attached hydrogens (tertiary/aromatic N) is 3. The van der Waals surface area contributed by atoms with Crippen LogP contribution in [0.4, 0.5) is 30.7 Å². The van der Waals surface area contributed by atoms with Crippen molar-refractivity contribution in [2.24, 2.45) is 0 Å². The number of aromatic carboxylic acids is 1. The summed E-state index contributed by atoms with van der Waals surface area (Å²) in [5.74, 6) is -2.01. The van der Waals surface area contributed by atoms with E-state index in [9.17, 15) is 40.6 Å². The van der Waals surface area contributed by atoms with Gasteiger partial charge in [0.15, 0.2) is 5.69 Å². The summed E-state index contributed by atoms with van der Waals surface area (Å²) in [4.78, 5) is 17.1. The number of aromatic nitrogens is 3. The first kappa shape index (κ1) is 28.0. The zero-order valence-corrected chi connectivity index (χ0v) is 21.5. The highest BCUT2D eigenvalue weighted by molar-refractivity contribution is 7.18. The number of hydrogen-bond donors (Lipinski definition) is 1. The average Bonchev–Trinajstić information content (AvgIpc) is 3.49. The maximum absolute atomic E-state index is 14.0. The van der Waals surface area contributed by atoms with E-state index in [1.165, 1.54) is 49.4 Å². The number of carboxylic acids is 1. The van der Waals surface area contributed by atoms with Crippen LogP contribution < -0.4 is 0 Å². The molecule has 2 heterocycles. The van der Waals surface area contributed by atoms with E-state index >= 15 is 0 Å². The van der Waals surface area contributed by atoms with Crippen molar-refractivity contribution in [3.05, 3.63) is 101 Å². The van der Waals surface area contributed by atoms with Crippen LogP contribution in [0.5, 0.6) is 0 Å². The van der Waals surface area contributed by atoms with Crippen LogP contribution in [0, 0.1) is 12.7 Å². The molecule has 2 aromatic heterocycles. The molecule has 5 nitrogen and oxygen atoms in total. The molecule has 0 radical (unpaired) electrons. The molecule has 0 saturated carbocycles. The molecule has 3 aromatic carbocycles. The van der Waals surface area contributed by atoms with Crippen LogP contribution in [0.1, 0.15) is 27.3 Å². The Labute approximate surface area is 231 Å². The highest BCUT2D eigenvalue weighted by atomic mass is 32.1. The Bertz CT molecular complexity index is 1680. The molecule has 0 amide bonds. The second-order valence-corrected chi connectivity index (χ2v) is 9.84. The van der Waals surface area contributed by atoms with Gasteiger partial charge in [0.25, 0.3) is 0 Å². The largest absolute Gasteiger partial charge is 0.476 e. The maximum atomic E-state index is 14.0. The Morgan fingerprint density at radius 3 is 1.90 bits per heavy atom. The van der Waals surface area contributed by atoms with Gasteiger partial charge in [-0.05, 0) is 54.4 Å². The monoisotopic (exact) mass is 591 g/mol. The Kier molecular flexibility index (Phi) is 6.93. The molecule has 210 valence electrons. The zero-order chi connectivity index (χ0) is 29.7. The SMILES string of the molecule is Cc1nn(-c2nc(-c3ccc(C(F)(F)F)cc3)c(-c3ccc(C(F)(F)F)cc3)s2)c(C(=O)O)c1-c1cccc(F)c1. The van der Waals surface area contributed by atoms with Gasteiger partial charge in [-0.15, -0.1) is 0 Å². The summed E-state index contributed by atoms with van der Waals surface area (Å²) >= 11 is 0.884. The quantitative estimate of drug-likeness (QED) is 0.208. The fourth-order valence-electron chi connectivity index (χ4n) is 4.27. The van der Waals surface area contributed by atoms with Crippen molar-refractivity contribution in [2.75, 3.05) is 0 Å². The van der Waals surface area contributed by atoms with E-state index in [0.717, 1.165) is 46.4 Å². The smallest absolute Gasteiger partial charge is 0.416 e. The van der Waals surface area contributed by atoms with Gasteiger partial charge in [0.05, 0.1) is 27.4 Å². The minimum absolute atomic E-state index is 0.0158. The van der Waals surface area contributed by atoms with Crippen LogP contribution >= 0.6 is 11.3 Å². The molecule has 0 atom stereocenters. The van der Waals surface area contributed by atoms with Crippen molar-refractivity contribution in [2.45, 2.75) is 19.3 Å². The lowest BCUT2D eigenvalue weighted by Gasteiger charge is -2.09. The summed E-state index contributed by atoms with van der Waals surface area (Å²) in [6, 6.07) is 13.4. The summed E-state index contributed by atoms with van der Waals surface area (Å²) in [6.45, 7) is 1.52. The maximum Gasteiger partial charge on any atom is 0.416 e. The Morgan fingerprint density at radius 1 is 0.829 bits per heavy atom. The van der Waals surface area contributed by atoms with Gasteiger partial charge in [-0.3, -0.25) is 0 Å². The fraction of sp³-hybridized carbons (Fsp3) is 0.107. The van der Waals surface area contributed by atoms with Crippen molar-refractivity contribution in [3.63, 3.8) is 0 Å². The van der Waals surface area contributed by atoms with Crippen molar-refractivity contribution in [1.82, 2.24) is 14.8 Å². The molecule has 0 aliphatic carbocycles. The van der Waals surface area contributed by atoms with E-state index in [4.69, 9.17) is 0 Å². The van der Waals surface area contributed by atoms with Gasteiger partial charge in [0.1, 0.15) is 5.82 Å². The van der Waals surface area contributed by atoms with Crippen molar-refractivity contribution in [1.29, 1.82) is 0 Å². The number of alkyl halides is 6. The Balaban J connectivity index is 1.71. The molecule has 0 spiro atoms. The molecule has 5 aromatic rings. The second kappa shape index (κ2) is 10.1. The third kappa shape index (κ3) is 5.44. The van der Waals surface area contributed by atoms with Gasteiger partial charge in [-0.1, -0.05) is 47.7 Å². The number of aryl methyl sites for hydroxylation is 1. The molecule has 5 rings (SSSR count). The zero-order valence-electron chi connectivity index (χ0n) is 20.7. The molecule has 0 bridgehead atoms. The van der Waals surface area contributed by atoms with Gasteiger partial charge in [-0.25, -0.2) is 14.2 Å². The van der Waals surface area contributed by atoms with E-state index in [1.54, 1.807) is 0 Å². The van der Waals surface area contributed by atoms with Crippen LogP contribution in [-0.4, -0.2) is 25.8 Å². The molecule has 0 aliphatic rings. The van der Waals surface area contributed by atoms with Crippen LogP contribution in [0.3, 0.4) is 0 Å². The number of thiazole rings is 1. The van der Waals surface area contributed by atoms with Crippen molar-refractivity contribution >= 4 is 17.3 Å². The van der Waals surface area contributed by atoms with Crippen LogP contribution in [0.15, 0.2) is 72.8 Å². The number of hydrogen-bond acceptors (Lipinski definition) is 4. The number of benzene rings is 3. The van der Waals surface area contributed by atoms with Gasteiger partial charge >= 0.3 is 18.3 Å².